The van der Waals surface area contributed by atoms with Crippen LogP contribution in [0.3, 0.4) is 0 Å². The summed E-state index contributed by atoms with van der Waals surface area (Å²) in [5.41, 5.74) is 2.85. The van der Waals surface area contributed by atoms with Crippen LogP contribution in [-0.2, 0) is 6.54 Å². The molecule has 0 saturated heterocycles. The summed E-state index contributed by atoms with van der Waals surface area (Å²) in [5, 5.41) is 0. The number of benzene rings is 1. The van der Waals surface area contributed by atoms with Gasteiger partial charge in [0.05, 0.1) is 6.54 Å². The molecular formula is C17H23N. The largest absolute Gasteiger partial charge is 0.292 e. The number of nitrogens with zero attached hydrogens (tertiary/aromatic N) is 1. The van der Waals surface area contributed by atoms with E-state index in [-0.39, 0.29) is 0 Å². The highest BCUT2D eigenvalue weighted by Crippen LogP contribution is 2.28. The van der Waals surface area contributed by atoms with Gasteiger partial charge in [-0.3, -0.25) is 4.99 Å². The minimum atomic E-state index is 0.595. The van der Waals surface area contributed by atoms with Crippen LogP contribution >= 0.6 is 0 Å². The van der Waals surface area contributed by atoms with E-state index >= 15 is 0 Å². The smallest absolute Gasteiger partial charge is 0.0635 e. The van der Waals surface area contributed by atoms with Gasteiger partial charge < -0.3 is 0 Å². The van der Waals surface area contributed by atoms with Gasteiger partial charge in [-0.2, -0.15) is 0 Å². The Hall–Kier alpha value is -1.37. The average Bonchev–Trinajstić information content (AvgIpc) is 2.40. The molecule has 0 aromatic heterocycles. The molecule has 18 heavy (non-hydrogen) atoms. The van der Waals surface area contributed by atoms with Gasteiger partial charge in [-0.25, -0.2) is 0 Å². The van der Waals surface area contributed by atoms with E-state index in [1.807, 2.05) is 6.07 Å². The monoisotopic (exact) mass is 241 g/mol. The lowest BCUT2D eigenvalue weighted by Gasteiger charge is -2.23. The Morgan fingerprint density at radius 1 is 1.33 bits per heavy atom. The standard InChI is InChI=1S/C17H23N/c1-14-8-10-17(11-9-14)15(2)12-18-13-16-6-4-3-5-7-16/h3-8,12,15,17H,9-11,13H2,1-2H3/t15?,17-/m0/s1. The number of hydrogen-bond acceptors (Lipinski definition) is 1. The van der Waals surface area contributed by atoms with Crippen LogP contribution in [0.25, 0.3) is 0 Å². The molecule has 0 aliphatic heterocycles. The summed E-state index contributed by atoms with van der Waals surface area (Å²) in [4.78, 5) is 4.59. The molecule has 2 rings (SSSR count). The summed E-state index contributed by atoms with van der Waals surface area (Å²) >= 11 is 0. The third-order valence-electron chi connectivity index (χ3n) is 3.88. The Morgan fingerprint density at radius 3 is 2.78 bits per heavy atom. The van der Waals surface area contributed by atoms with E-state index in [4.69, 9.17) is 0 Å². The molecule has 0 fully saturated rings. The Bertz CT molecular complexity index is 416. The molecule has 1 aliphatic rings. The first-order valence-electron chi connectivity index (χ1n) is 6.95. The molecule has 1 nitrogen and oxygen atoms in total. The van der Waals surface area contributed by atoms with Gasteiger partial charge in [-0.05, 0) is 43.6 Å². The highest BCUT2D eigenvalue weighted by molar-refractivity contribution is 5.60. The Labute approximate surface area is 111 Å². The minimum absolute atomic E-state index is 0.595. The molecule has 1 aromatic carbocycles. The Balaban J connectivity index is 1.82. The number of hydrogen-bond donors (Lipinski definition) is 0. The second-order valence-electron chi connectivity index (χ2n) is 5.42. The first-order valence-corrected chi connectivity index (χ1v) is 6.95. The van der Waals surface area contributed by atoms with Crippen LogP contribution in [0.1, 0.15) is 38.7 Å². The maximum atomic E-state index is 4.59. The van der Waals surface area contributed by atoms with Crippen molar-refractivity contribution < 1.29 is 0 Å². The molecule has 0 bridgehead atoms. The summed E-state index contributed by atoms with van der Waals surface area (Å²) in [6.07, 6.45) is 8.37. The third kappa shape index (κ3) is 3.83. The van der Waals surface area contributed by atoms with E-state index in [1.54, 1.807) is 5.57 Å². The molecule has 0 amide bonds. The minimum Gasteiger partial charge on any atom is -0.292 e. The second-order valence-corrected chi connectivity index (χ2v) is 5.42. The maximum Gasteiger partial charge on any atom is 0.0635 e. The molecule has 0 spiro atoms. The van der Waals surface area contributed by atoms with E-state index in [2.05, 4.69) is 55.4 Å². The van der Waals surface area contributed by atoms with Crippen molar-refractivity contribution >= 4 is 6.21 Å². The lowest BCUT2D eigenvalue weighted by Crippen LogP contribution is -2.15. The topological polar surface area (TPSA) is 12.4 Å². The Kier molecular flexibility index (Phi) is 4.74. The van der Waals surface area contributed by atoms with Crippen LogP contribution in [0, 0.1) is 11.8 Å². The van der Waals surface area contributed by atoms with Gasteiger partial charge in [0.2, 0.25) is 0 Å². The number of allylic oxidation sites excluding steroid dienone is 2. The first kappa shape index (κ1) is 13.1. The fourth-order valence-electron chi connectivity index (χ4n) is 2.49. The lowest BCUT2D eigenvalue weighted by molar-refractivity contribution is 0.403. The molecule has 2 atom stereocenters. The van der Waals surface area contributed by atoms with Crippen molar-refractivity contribution in [2.24, 2.45) is 16.8 Å². The molecule has 1 unspecified atom stereocenters. The summed E-state index contributed by atoms with van der Waals surface area (Å²) in [7, 11) is 0. The third-order valence-corrected chi connectivity index (χ3v) is 3.88. The van der Waals surface area contributed by atoms with E-state index in [0.717, 1.165) is 12.5 Å². The van der Waals surface area contributed by atoms with Gasteiger partial charge in [-0.15, -0.1) is 0 Å². The van der Waals surface area contributed by atoms with Gasteiger partial charge in [0, 0.05) is 6.21 Å². The van der Waals surface area contributed by atoms with Crippen LogP contribution in [0.15, 0.2) is 47.0 Å². The number of rotatable bonds is 4. The summed E-state index contributed by atoms with van der Waals surface area (Å²) in [6, 6.07) is 10.5. The predicted octanol–water partition coefficient (Wildman–Crippen LogP) is 4.64. The van der Waals surface area contributed by atoms with E-state index in [1.165, 1.54) is 24.8 Å². The van der Waals surface area contributed by atoms with Crippen molar-refractivity contribution in [3.63, 3.8) is 0 Å². The van der Waals surface area contributed by atoms with Crippen molar-refractivity contribution in [3.8, 4) is 0 Å². The zero-order chi connectivity index (χ0) is 12.8. The van der Waals surface area contributed by atoms with Crippen LogP contribution < -0.4 is 0 Å². The Morgan fingerprint density at radius 2 is 2.11 bits per heavy atom. The molecule has 0 radical (unpaired) electrons. The van der Waals surface area contributed by atoms with E-state index in [9.17, 15) is 0 Å². The molecule has 1 aliphatic carbocycles. The van der Waals surface area contributed by atoms with Gasteiger partial charge in [0.1, 0.15) is 0 Å². The summed E-state index contributed by atoms with van der Waals surface area (Å²) in [5.74, 6) is 1.38. The molecule has 96 valence electrons. The van der Waals surface area contributed by atoms with E-state index < -0.39 is 0 Å². The van der Waals surface area contributed by atoms with Gasteiger partial charge in [-0.1, -0.05) is 48.9 Å². The van der Waals surface area contributed by atoms with Crippen molar-refractivity contribution in [3.05, 3.63) is 47.5 Å². The van der Waals surface area contributed by atoms with Crippen LogP contribution in [0.4, 0.5) is 0 Å². The zero-order valence-corrected chi connectivity index (χ0v) is 11.5. The van der Waals surface area contributed by atoms with Crippen LogP contribution in [0.2, 0.25) is 0 Å². The predicted molar refractivity (Wildman–Crippen MR) is 78.9 cm³/mol. The molecule has 1 aromatic rings. The molecule has 1 heteroatoms. The fourth-order valence-corrected chi connectivity index (χ4v) is 2.49. The quantitative estimate of drug-likeness (QED) is 0.538. The maximum absolute atomic E-state index is 4.59. The first-order chi connectivity index (χ1) is 8.75. The molecular weight excluding hydrogens is 218 g/mol. The van der Waals surface area contributed by atoms with Crippen LogP contribution in [-0.4, -0.2) is 6.21 Å². The summed E-state index contributed by atoms with van der Waals surface area (Å²) in [6.45, 7) is 5.35. The van der Waals surface area contributed by atoms with Gasteiger partial charge in [0.25, 0.3) is 0 Å². The normalized spacial score (nSPS) is 21.9. The van der Waals surface area contributed by atoms with Crippen molar-refractivity contribution in [1.29, 1.82) is 0 Å². The van der Waals surface area contributed by atoms with Crippen molar-refractivity contribution in [1.82, 2.24) is 0 Å². The van der Waals surface area contributed by atoms with Crippen molar-refractivity contribution in [2.45, 2.75) is 39.7 Å². The van der Waals surface area contributed by atoms with E-state index in [0.29, 0.717) is 5.92 Å². The van der Waals surface area contributed by atoms with Crippen molar-refractivity contribution in [2.75, 3.05) is 0 Å². The fraction of sp³-hybridized carbons (Fsp3) is 0.471. The van der Waals surface area contributed by atoms with Crippen LogP contribution in [0.5, 0.6) is 0 Å². The average molecular weight is 241 g/mol. The molecule has 0 N–H and O–H groups in total. The summed E-state index contributed by atoms with van der Waals surface area (Å²) < 4.78 is 0. The lowest BCUT2D eigenvalue weighted by atomic mass is 9.82. The SMILES string of the molecule is CC1=CC[C@H](C(C)C=NCc2ccccc2)CC1. The van der Waals surface area contributed by atoms with Gasteiger partial charge >= 0.3 is 0 Å². The highest BCUT2D eigenvalue weighted by Gasteiger charge is 2.17. The molecule has 0 heterocycles. The number of aliphatic imine (C=N–C) groups is 1. The highest BCUT2D eigenvalue weighted by atomic mass is 14.7. The zero-order valence-electron chi connectivity index (χ0n) is 11.5. The second kappa shape index (κ2) is 6.53. The van der Waals surface area contributed by atoms with Gasteiger partial charge in [0.15, 0.2) is 0 Å². The molecule has 0 saturated carbocycles.